The van der Waals surface area contributed by atoms with Gasteiger partial charge in [0.1, 0.15) is 11.5 Å². The van der Waals surface area contributed by atoms with Crippen LogP contribution in [0.15, 0.2) is 18.2 Å². The minimum absolute atomic E-state index is 0.690. The summed E-state index contributed by atoms with van der Waals surface area (Å²) in [4.78, 5) is 0. The molecule has 0 radical (unpaired) electrons. The van der Waals surface area contributed by atoms with Crippen LogP contribution in [0.25, 0.3) is 0 Å². The summed E-state index contributed by atoms with van der Waals surface area (Å²) < 4.78 is 11.1. The number of fused-ring (bicyclic) bond motifs is 1. The van der Waals surface area contributed by atoms with Crippen LogP contribution < -0.4 is 9.47 Å². The quantitative estimate of drug-likeness (QED) is 0.753. The Hall–Kier alpha value is -1.18. The lowest BCUT2D eigenvalue weighted by molar-refractivity contribution is 0.287. The van der Waals surface area contributed by atoms with Crippen LogP contribution in [0, 0.1) is 5.92 Å². The molecule has 0 fully saturated rings. The maximum absolute atomic E-state index is 5.66. The largest absolute Gasteiger partial charge is 0.493 e. The van der Waals surface area contributed by atoms with Crippen LogP contribution in [0.3, 0.4) is 0 Å². The summed E-state index contributed by atoms with van der Waals surface area (Å²) in [7, 11) is 0. The molecule has 0 spiro atoms. The van der Waals surface area contributed by atoms with Crippen molar-refractivity contribution in [2.24, 2.45) is 5.92 Å². The second-order valence-electron chi connectivity index (χ2n) is 4.40. The lowest BCUT2D eigenvalue weighted by Gasteiger charge is -2.09. The Morgan fingerprint density at radius 2 is 2.27 bits per heavy atom. The smallest absolute Gasteiger partial charge is 0.126 e. The zero-order valence-electron chi connectivity index (χ0n) is 9.45. The van der Waals surface area contributed by atoms with Crippen LogP contribution in [0.2, 0.25) is 0 Å². The van der Waals surface area contributed by atoms with Gasteiger partial charge >= 0.3 is 0 Å². The van der Waals surface area contributed by atoms with Crippen molar-refractivity contribution in [3.05, 3.63) is 23.8 Å². The fourth-order valence-corrected chi connectivity index (χ4v) is 1.65. The maximum Gasteiger partial charge on any atom is 0.126 e. The van der Waals surface area contributed by atoms with Gasteiger partial charge in [-0.1, -0.05) is 19.9 Å². The molecule has 2 rings (SSSR count). The molecule has 0 amide bonds. The van der Waals surface area contributed by atoms with Crippen molar-refractivity contribution >= 4 is 0 Å². The van der Waals surface area contributed by atoms with Crippen LogP contribution in [0.1, 0.15) is 25.8 Å². The van der Waals surface area contributed by atoms with Gasteiger partial charge in [-0.15, -0.1) is 0 Å². The molecule has 1 aliphatic heterocycles. The highest BCUT2D eigenvalue weighted by molar-refractivity contribution is 5.42. The Balaban J connectivity index is 1.92. The van der Waals surface area contributed by atoms with Gasteiger partial charge in [0.05, 0.1) is 13.2 Å². The molecule has 1 aromatic carbocycles. The van der Waals surface area contributed by atoms with Crippen LogP contribution in [0.4, 0.5) is 0 Å². The SMILES string of the molecule is CC(C)CCOc1ccc2c(c1)OCC2. The highest BCUT2D eigenvalue weighted by atomic mass is 16.5. The molecule has 1 heterocycles. The van der Waals surface area contributed by atoms with E-state index in [0.29, 0.717) is 5.92 Å². The number of benzene rings is 1. The van der Waals surface area contributed by atoms with Gasteiger partial charge in [0, 0.05) is 12.5 Å². The van der Waals surface area contributed by atoms with Gasteiger partial charge in [-0.05, 0) is 24.0 Å². The molecule has 0 aromatic heterocycles. The van der Waals surface area contributed by atoms with E-state index in [0.717, 1.165) is 37.6 Å². The van der Waals surface area contributed by atoms with E-state index in [9.17, 15) is 0 Å². The van der Waals surface area contributed by atoms with Gasteiger partial charge in [0.15, 0.2) is 0 Å². The van der Waals surface area contributed by atoms with Gasteiger partial charge < -0.3 is 9.47 Å². The minimum atomic E-state index is 0.690. The molecule has 15 heavy (non-hydrogen) atoms. The molecule has 1 aromatic rings. The maximum atomic E-state index is 5.66. The molecule has 1 aliphatic rings. The Morgan fingerprint density at radius 1 is 1.40 bits per heavy atom. The first kappa shape index (κ1) is 10.3. The Labute approximate surface area is 91.2 Å². The van der Waals surface area contributed by atoms with E-state index in [-0.39, 0.29) is 0 Å². The molecular weight excluding hydrogens is 188 g/mol. The zero-order chi connectivity index (χ0) is 10.7. The van der Waals surface area contributed by atoms with E-state index in [4.69, 9.17) is 9.47 Å². The van der Waals surface area contributed by atoms with E-state index < -0.39 is 0 Å². The lowest BCUT2D eigenvalue weighted by atomic mass is 10.1. The van der Waals surface area contributed by atoms with Crippen LogP contribution >= 0.6 is 0 Å². The summed E-state index contributed by atoms with van der Waals surface area (Å²) in [5.41, 5.74) is 1.30. The predicted octanol–water partition coefficient (Wildman–Crippen LogP) is 3.05. The highest BCUT2D eigenvalue weighted by Crippen LogP contribution is 2.29. The second kappa shape index (κ2) is 4.56. The zero-order valence-corrected chi connectivity index (χ0v) is 9.45. The van der Waals surface area contributed by atoms with Crippen molar-refractivity contribution in [3.8, 4) is 11.5 Å². The van der Waals surface area contributed by atoms with Gasteiger partial charge in [0.2, 0.25) is 0 Å². The summed E-state index contributed by atoms with van der Waals surface area (Å²) in [6.45, 7) is 6.01. The molecule has 82 valence electrons. The minimum Gasteiger partial charge on any atom is -0.493 e. The molecule has 0 saturated carbocycles. The molecule has 0 N–H and O–H groups in total. The van der Waals surface area contributed by atoms with E-state index in [1.807, 2.05) is 12.1 Å². The average Bonchev–Trinajstić information content (AvgIpc) is 2.64. The molecule has 0 unspecified atom stereocenters. The van der Waals surface area contributed by atoms with Crippen molar-refractivity contribution in [2.75, 3.05) is 13.2 Å². The van der Waals surface area contributed by atoms with E-state index >= 15 is 0 Å². The van der Waals surface area contributed by atoms with E-state index in [2.05, 4.69) is 19.9 Å². The number of ether oxygens (including phenoxy) is 2. The van der Waals surface area contributed by atoms with Gasteiger partial charge in [-0.25, -0.2) is 0 Å². The van der Waals surface area contributed by atoms with Crippen molar-refractivity contribution < 1.29 is 9.47 Å². The summed E-state index contributed by atoms with van der Waals surface area (Å²) in [6.07, 6.45) is 2.12. The highest BCUT2D eigenvalue weighted by Gasteiger charge is 2.12. The van der Waals surface area contributed by atoms with Gasteiger partial charge in [-0.2, -0.15) is 0 Å². The van der Waals surface area contributed by atoms with E-state index in [1.165, 1.54) is 5.56 Å². The molecule has 0 saturated heterocycles. The monoisotopic (exact) mass is 206 g/mol. The fourth-order valence-electron chi connectivity index (χ4n) is 1.65. The summed E-state index contributed by atoms with van der Waals surface area (Å²) in [6, 6.07) is 6.14. The lowest BCUT2D eigenvalue weighted by Crippen LogP contribution is -2.01. The third kappa shape index (κ3) is 2.65. The van der Waals surface area contributed by atoms with Crippen LogP contribution in [-0.2, 0) is 6.42 Å². The van der Waals surface area contributed by atoms with Crippen molar-refractivity contribution in [3.63, 3.8) is 0 Å². The first-order valence-electron chi connectivity index (χ1n) is 5.64. The van der Waals surface area contributed by atoms with Crippen molar-refractivity contribution in [2.45, 2.75) is 26.7 Å². The summed E-state index contributed by atoms with van der Waals surface area (Å²) in [5.74, 6) is 2.61. The Kier molecular flexibility index (Phi) is 3.14. The summed E-state index contributed by atoms with van der Waals surface area (Å²) >= 11 is 0. The Morgan fingerprint density at radius 3 is 3.07 bits per heavy atom. The van der Waals surface area contributed by atoms with Crippen molar-refractivity contribution in [1.82, 2.24) is 0 Å². The molecule has 2 heteroatoms. The topological polar surface area (TPSA) is 18.5 Å². The number of hydrogen-bond donors (Lipinski definition) is 0. The van der Waals surface area contributed by atoms with Crippen LogP contribution in [0.5, 0.6) is 11.5 Å². The first-order valence-corrected chi connectivity index (χ1v) is 5.64. The van der Waals surface area contributed by atoms with Gasteiger partial charge in [-0.3, -0.25) is 0 Å². The molecule has 0 bridgehead atoms. The number of hydrogen-bond acceptors (Lipinski definition) is 2. The molecule has 0 atom stereocenters. The third-order valence-corrected chi connectivity index (χ3v) is 2.63. The summed E-state index contributed by atoms with van der Waals surface area (Å²) in [5, 5.41) is 0. The molecule has 0 aliphatic carbocycles. The van der Waals surface area contributed by atoms with E-state index in [1.54, 1.807) is 0 Å². The first-order chi connectivity index (χ1) is 7.25. The molecular formula is C13H18O2. The Bertz CT molecular complexity index is 331. The number of rotatable bonds is 4. The van der Waals surface area contributed by atoms with Crippen molar-refractivity contribution in [1.29, 1.82) is 0 Å². The third-order valence-electron chi connectivity index (χ3n) is 2.63. The normalized spacial score (nSPS) is 13.8. The fraction of sp³-hybridized carbons (Fsp3) is 0.538. The average molecular weight is 206 g/mol. The predicted molar refractivity (Wildman–Crippen MR) is 60.6 cm³/mol. The second-order valence-corrected chi connectivity index (χ2v) is 4.40. The van der Waals surface area contributed by atoms with Gasteiger partial charge in [0.25, 0.3) is 0 Å². The molecule has 2 nitrogen and oxygen atoms in total. The standard InChI is InChI=1S/C13H18O2/c1-10(2)5-7-14-12-4-3-11-6-8-15-13(11)9-12/h3-4,9-10H,5-8H2,1-2H3. The van der Waals surface area contributed by atoms with Crippen LogP contribution in [-0.4, -0.2) is 13.2 Å².